The van der Waals surface area contributed by atoms with Gasteiger partial charge in [-0.25, -0.2) is 9.37 Å². The van der Waals surface area contributed by atoms with E-state index in [1.165, 1.54) is 24.3 Å². The summed E-state index contributed by atoms with van der Waals surface area (Å²) in [6.45, 7) is 0.704. The highest BCUT2D eigenvalue weighted by Crippen LogP contribution is 2.34. The fourth-order valence-corrected chi connectivity index (χ4v) is 2.38. The zero-order valence-electron chi connectivity index (χ0n) is 11.8. The fraction of sp³-hybridized carbons (Fsp3) is 0.286. The second-order valence-corrected chi connectivity index (χ2v) is 5.60. The van der Waals surface area contributed by atoms with Crippen molar-refractivity contribution in [1.82, 2.24) is 10.3 Å². The van der Waals surface area contributed by atoms with Crippen molar-refractivity contribution in [1.29, 1.82) is 0 Å². The van der Waals surface area contributed by atoms with Crippen molar-refractivity contribution in [2.75, 3.05) is 18.4 Å². The maximum absolute atomic E-state index is 12.7. The summed E-state index contributed by atoms with van der Waals surface area (Å²) in [5.41, 5.74) is 0.342. The second kappa shape index (κ2) is 7.40. The standard InChI is InChI=1S/C14H13F4N3OS/c15-10-4-2-9(3-5-10)12(22)19-6-1-7-20-13-21-8-11(23-13)14(16,17)18/h2-5,8H,1,6-7H2,(H,19,22)(H,20,21). The van der Waals surface area contributed by atoms with Gasteiger partial charge < -0.3 is 10.6 Å². The van der Waals surface area contributed by atoms with E-state index >= 15 is 0 Å². The molecule has 124 valence electrons. The maximum Gasteiger partial charge on any atom is 0.427 e. The quantitative estimate of drug-likeness (QED) is 0.621. The molecule has 4 nitrogen and oxygen atoms in total. The van der Waals surface area contributed by atoms with Gasteiger partial charge in [-0.1, -0.05) is 11.3 Å². The highest BCUT2D eigenvalue weighted by atomic mass is 32.1. The highest BCUT2D eigenvalue weighted by molar-refractivity contribution is 7.15. The Morgan fingerprint density at radius 3 is 2.48 bits per heavy atom. The minimum atomic E-state index is -4.39. The molecular formula is C14H13F4N3OS. The van der Waals surface area contributed by atoms with E-state index in [0.717, 1.165) is 6.20 Å². The summed E-state index contributed by atoms with van der Waals surface area (Å²) in [6.07, 6.45) is -3.10. The molecule has 9 heteroatoms. The molecule has 2 aromatic rings. The summed E-state index contributed by atoms with van der Waals surface area (Å²) < 4.78 is 49.9. The monoisotopic (exact) mass is 347 g/mol. The first-order valence-electron chi connectivity index (χ1n) is 6.67. The second-order valence-electron chi connectivity index (χ2n) is 4.57. The van der Waals surface area contributed by atoms with Gasteiger partial charge in [0.25, 0.3) is 5.91 Å². The van der Waals surface area contributed by atoms with Crippen LogP contribution in [0.4, 0.5) is 22.7 Å². The molecule has 0 unspecified atom stereocenters. The van der Waals surface area contributed by atoms with Crippen LogP contribution in [0.2, 0.25) is 0 Å². The number of carbonyl (C=O) groups excluding carboxylic acids is 1. The summed E-state index contributed by atoms with van der Waals surface area (Å²) in [5.74, 6) is -0.758. The summed E-state index contributed by atoms with van der Waals surface area (Å²) in [7, 11) is 0. The number of hydrogen-bond donors (Lipinski definition) is 2. The van der Waals surface area contributed by atoms with E-state index < -0.39 is 16.9 Å². The van der Waals surface area contributed by atoms with Crippen molar-refractivity contribution in [3.05, 3.63) is 46.7 Å². The van der Waals surface area contributed by atoms with E-state index in [2.05, 4.69) is 15.6 Å². The molecule has 1 heterocycles. The molecule has 0 spiro atoms. The molecule has 2 rings (SSSR count). The number of carbonyl (C=O) groups is 1. The van der Waals surface area contributed by atoms with Crippen LogP contribution < -0.4 is 10.6 Å². The molecule has 0 fully saturated rings. The molecule has 1 aromatic carbocycles. The lowest BCUT2D eigenvalue weighted by atomic mass is 10.2. The van der Waals surface area contributed by atoms with Gasteiger partial charge in [0.2, 0.25) is 0 Å². The molecule has 23 heavy (non-hydrogen) atoms. The van der Waals surface area contributed by atoms with Crippen LogP contribution in [-0.4, -0.2) is 24.0 Å². The van der Waals surface area contributed by atoms with Crippen LogP contribution in [0.15, 0.2) is 30.5 Å². The van der Waals surface area contributed by atoms with Gasteiger partial charge in [0.05, 0.1) is 6.20 Å². The average Bonchev–Trinajstić information content (AvgIpc) is 2.96. The van der Waals surface area contributed by atoms with E-state index in [0.29, 0.717) is 36.4 Å². The van der Waals surface area contributed by atoms with Gasteiger partial charge in [-0.15, -0.1) is 0 Å². The fourth-order valence-electron chi connectivity index (χ4n) is 1.68. The minimum Gasteiger partial charge on any atom is -0.361 e. The summed E-state index contributed by atoms with van der Waals surface area (Å²) in [5, 5.41) is 5.58. The summed E-state index contributed by atoms with van der Waals surface area (Å²) in [6, 6.07) is 5.13. The maximum atomic E-state index is 12.7. The molecule has 0 bridgehead atoms. The summed E-state index contributed by atoms with van der Waals surface area (Å²) in [4.78, 5) is 14.6. The number of aromatic nitrogens is 1. The zero-order chi connectivity index (χ0) is 16.9. The molecule has 0 aliphatic heterocycles. The van der Waals surface area contributed by atoms with Gasteiger partial charge in [-0.2, -0.15) is 13.2 Å². The number of nitrogens with zero attached hydrogens (tertiary/aromatic N) is 1. The minimum absolute atomic E-state index is 0.183. The predicted octanol–water partition coefficient (Wildman–Crippen LogP) is 3.53. The molecule has 0 saturated carbocycles. The van der Waals surface area contributed by atoms with Crippen LogP contribution in [0.1, 0.15) is 21.7 Å². The van der Waals surface area contributed by atoms with Crippen molar-refractivity contribution >= 4 is 22.4 Å². The number of anilines is 1. The van der Waals surface area contributed by atoms with Crippen molar-refractivity contribution in [3.63, 3.8) is 0 Å². The third-order valence-electron chi connectivity index (χ3n) is 2.81. The van der Waals surface area contributed by atoms with Crippen molar-refractivity contribution < 1.29 is 22.4 Å². The number of benzene rings is 1. The highest BCUT2D eigenvalue weighted by Gasteiger charge is 2.33. The Kier molecular flexibility index (Phi) is 5.54. The smallest absolute Gasteiger partial charge is 0.361 e. The number of amides is 1. The normalized spacial score (nSPS) is 11.3. The number of nitrogens with one attached hydrogen (secondary N) is 2. The number of thiazole rings is 1. The average molecular weight is 347 g/mol. The predicted molar refractivity (Wildman–Crippen MR) is 79.0 cm³/mol. The summed E-state index contributed by atoms with van der Waals surface area (Å²) >= 11 is 0.532. The number of hydrogen-bond acceptors (Lipinski definition) is 4. The van der Waals surface area contributed by atoms with Crippen molar-refractivity contribution in [2.45, 2.75) is 12.6 Å². The van der Waals surface area contributed by atoms with Gasteiger partial charge >= 0.3 is 6.18 Å². The largest absolute Gasteiger partial charge is 0.427 e. The molecule has 0 aliphatic carbocycles. The third kappa shape index (κ3) is 5.20. The van der Waals surface area contributed by atoms with Gasteiger partial charge in [0, 0.05) is 18.7 Å². The molecule has 1 aromatic heterocycles. The lowest BCUT2D eigenvalue weighted by Crippen LogP contribution is -2.25. The van der Waals surface area contributed by atoms with Crippen LogP contribution in [0.5, 0.6) is 0 Å². The molecule has 1 amide bonds. The molecular weight excluding hydrogens is 334 g/mol. The zero-order valence-corrected chi connectivity index (χ0v) is 12.6. The molecule has 0 radical (unpaired) electrons. The van der Waals surface area contributed by atoms with Crippen LogP contribution in [0, 0.1) is 5.82 Å². The van der Waals surface area contributed by atoms with E-state index in [1.54, 1.807) is 0 Å². The SMILES string of the molecule is O=C(NCCCNc1ncc(C(F)(F)F)s1)c1ccc(F)cc1. The van der Waals surface area contributed by atoms with Crippen LogP contribution in [0.3, 0.4) is 0 Å². The first kappa shape index (κ1) is 17.2. The number of alkyl halides is 3. The van der Waals surface area contributed by atoms with E-state index in [-0.39, 0.29) is 11.0 Å². The third-order valence-corrected chi connectivity index (χ3v) is 3.81. The van der Waals surface area contributed by atoms with Crippen LogP contribution in [0.25, 0.3) is 0 Å². The Bertz CT molecular complexity index is 655. The molecule has 0 atom stereocenters. The Hall–Kier alpha value is -2.16. The lowest BCUT2D eigenvalue weighted by Gasteiger charge is -2.06. The van der Waals surface area contributed by atoms with Gasteiger partial charge in [0.15, 0.2) is 5.13 Å². The van der Waals surface area contributed by atoms with E-state index in [9.17, 15) is 22.4 Å². The molecule has 2 N–H and O–H groups in total. The van der Waals surface area contributed by atoms with E-state index in [1.807, 2.05) is 0 Å². The first-order valence-corrected chi connectivity index (χ1v) is 7.48. The molecule has 0 aliphatic rings. The van der Waals surface area contributed by atoms with Crippen LogP contribution in [-0.2, 0) is 6.18 Å². The number of rotatable bonds is 6. The Morgan fingerprint density at radius 2 is 1.87 bits per heavy atom. The lowest BCUT2D eigenvalue weighted by molar-refractivity contribution is -0.134. The Balaban J connectivity index is 1.68. The van der Waals surface area contributed by atoms with Crippen molar-refractivity contribution in [2.24, 2.45) is 0 Å². The van der Waals surface area contributed by atoms with Gasteiger partial charge in [-0.05, 0) is 30.7 Å². The van der Waals surface area contributed by atoms with Gasteiger partial charge in [0.1, 0.15) is 10.7 Å². The van der Waals surface area contributed by atoms with Gasteiger partial charge in [-0.3, -0.25) is 4.79 Å². The Morgan fingerprint density at radius 1 is 1.17 bits per heavy atom. The van der Waals surface area contributed by atoms with Crippen molar-refractivity contribution in [3.8, 4) is 0 Å². The topological polar surface area (TPSA) is 54.0 Å². The number of halogens is 4. The molecule has 0 saturated heterocycles. The van der Waals surface area contributed by atoms with E-state index in [4.69, 9.17) is 0 Å². The van der Waals surface area contributed by atoms with Crippen LogP contribution >= 0.6 is 11.3 Å². The Labute approximate surface area is 133 Å². The first-order chi connectivity index (χ1) is 10.9.